The number of esters is 1. The normalized spacial score (nSPS) is 15.2. The Kier molecular flexibility index (Phi) is 7.35. The van der Waals surface area contributed by atoms with E-state index in [0.717, 1.165) is 16.0 Å². The van der Waals surface area contributed by atoms with Crippen LogP contribution in [0.5, 0.6) is 0 Å². The molecule has 0 spiro atoms. The number of hydrogen-bond acceptors (Lipinski definition) is 5. The van der Waals surface area contributed by atoms with Gasteiger partial charge in [0.2, 0.25) is 11.8 Å². The van der Waals surface area contributed by atoms with Gasteiger partial charge in [0.25, 0.3) is 5.91 Å². The molecule has 0 saturated carbocycles. The summed E-state index contributed by atoms with van der Waals surface area (Å²) in [4.78, 5) is 54.0. The molecule has 0 N–H and O–H groups in total. The molecule has 178 valence electrons. The van der Waals surface area contributed by atoms with E-state index < -0.39 is 17.9 Å². The van der Waals surface area contributed by atoms with Gasteiger partial charge in [0.05, 0.1) is 31.2 Å². The molecule has 7 heteroatoms. The average Bonchev–Trinajstić information content (AvgIpc) is 3.18. The molecule has 1 aliphatic heterocycles. The van der Waals surface area contributed by atoms with Gasteiger partial charge in [-0.15, -0.1) is 0 Å². The smallest absolute Gasteiger partial charge is 0.337 e. The molecule has 1 unspecified atom stereocenters. The summed E-state index contributed by atoms with van der Waals surface area (Å²) in [6.07, 6.45) is 0.613. The number of benzene rings is 3. The van der Waals surface area contributed by atoms with Crippen LogP contribution in [0.1, 0.15) is 27.9 Å². The topological polar surface area (TPSA) is 84.0 Å². The van der Waals surface area contributed by atoms with E-state index in [9.17, 15) is 19.2 Å². The molecule has 0 bridgehead atoms. The lowest BCUT2D eigenvalue weighted by Crippen LogP contribution is -2.47. The van der Waals surface area contributed by atoms with Gasteiger partial charge in [-0.1, -0.05) is 60.7 Å². The lowest BCUT2D eigenvalue weighted by Gasteiger charge is -2.28. The summed E-state index contributed by atoms with van der Waals surface area (Å²) in [6, 6.07) is 24.2. The third-order valence-corrected chi connectivity index (χ3v) is 6.05. The summed E-state index contributed by atoms with van der Waals surface area (Å²) in [5.74, 6) is -1.55. The molecule has 4 rings (SSSR count). The number of methoxy groups -OCH3 is 1. The number of carbonyl (C=O) groups is 4. The maximum Gasteiger partial charge on any atom is 0.337 e. The molecule has 0 aliphatic carbocycles. The Bertz CT molecular complexity index is 1210. The molecule has 35 heavy (non-hydrogen) atoms. The first kappa shape index (κ1) is 23.9. The zero-order valence-corrected chi connectivity index (χ0v) is 19.4. The second kappa shape index (κ2) is 10.8. The zero-order valence-electron chi connectivity index (χ0n) is 19.4. The Morgan fingerprint density at radius 1 is 0.886 bits per heavy atom. The summed E-state index contributed by atoms with van der Waals surface area (Å²) < 4.78 is 4.70. The molecule has 1 saturated heterocycles. The van der Waals surface area contributed by atoms with Crippen LogP contribution in [0.4, 0.5) is 5.69 Å². The molecule has 0 aromatic heterocycles. The number of ether oxygens (including phenoxy) is 1. The monoisotopic (exact) mass is 470 g/mol. The number of anilines is 1. The van der Waals surface area contributed by atoms with Crippen LogP contribution in [0.25, 0.3) is 0 Å². The first-order chi connectivity index (χ1) is 17.0. The van der Waals surface area contributed by atoms with Crippen molar-refractivity contribution in [2.24, 2.45) is 0 Å². The fourth-order valence-electron chi connectivity index (χ4n) is 4.22. The van der Waals surface area contributed by atoms with E-state index in [4.69, 9.17) is 4.74 Å². The van der Waals surface area contributed by atoms with Gasteiger partial charge < -0.3 is 9.64 Å². The molecular weight excluding hydrogens is 444 g/mol. The largest absolute Gasteiger partial charge is 0.465 e. The standard InChI is InChI=1S/C28H26N2O5/c1-35-28(34)22-12-14-23(15-13-22)30-26(32)19-24(27(30)33)29(17-16-20-8-4-2-5-9-20)25(31)18-21-10-6-3-7-11-21/h2-15,24H,16-19H2,1H3. The quantitative estimate of drug-likeness (QED) is 0.372. The molecule has 3 amide bonds. The average molecular weight is 471 g/mol. The minimum Gasteiger partial charge on any atom is -0.465 e. The van der Waals surface area contributed by atoms with Crippen molar-refractivity contribution in [1.29, 1.82) is 0 Å². The Morgan fingerprint density at radius 3 is 2.09 bits per heavy atom. The summed E-state index contributed by atoms with van der Waals surface area (Å²) in [5, 5.41) is 0. The Balaban J connectivity index is 1.57. The fraction of sp³-hybridized carbons (Fsp3) is 0.214. The lowest BCUT2D eigenvalue weighted by atomic mass is 10.1. The maximum absolute atomic E-state index is 13.4. The van der Waals surface area contributed by atoms with E-state index in [1.165, 1.54) is 36.3 Å². The summed E-state index contributed by atoms with van der Waals surface area (Å²) in [5.41, 5.74) is 2.55. The predicted octanol–water partition coefficient (Wildman–Crippen LogP) is 3.42. The number of imide groups is 1. The van der Waals surface area contributed by atoms with Crippen LogP contribution < -0.4 is 4.90 Å². The Hall–Kier alpha value is -4.26. The molecule has 3 aromatic carbocycles. The van der Waals surface area contributed by atoms with Crippen molar-refractivity contribution in [3.63, 3.8) is 0 Å². The molecule has 3 aromatic rings. The van der Waals surface area contributed by atoms with Crippen molar-refractivity contribution in [3.8, 4) is 0 Å². The minimum absolute atomic E-state index is 0.0904. The van der Waals surface area contributed by atoms with E-state index in [1.54, 1.807) is 0 Å². The lowest BCUT2D eigenvalue weighted by molar-refractivity contribution is -0.137. The Labute approximate surface area is 203 Å². The third-order valence-electron chi connectivity index (χ3n) is 6.05. The third kappa shape index (κ3) is 5.46. The Morgan fingerprint density at radius 2 is 1.49 bits per heavy atom. The zero-order chi connectivity index (χ0) is 24.8. The van der Waals surface area contributed by atoms with Gasteiger partial charge in [0, 0.05) is 6.54 Å². The minimum atomic E-state index is -0.886. The SMILES string of the molecule is COC(=O)c1ccc(N2C(=O)CC(N(CCc3ccccc3)C(=O)Cc3ccccc3)C2=O)cc1. The summed E-state index contributed by atoms with van der Waals surface area (Å²) >= 11 is 0. The second-order valence-corrected chi connectivity index (χ2v) is 8.31. The number of nitrogens with zero attached hydrogens (tertiary/aromatic N) is 2. The van der Waals surface area contributed by atoms with Crippen LogP contribution in [0, 0.1) is 0 Å². The van der Waals surface area contributed by atoms with E-state index in [2.05, 4.69) is 0 Å². The highest BCUT2D eigenvalue weighted by Crippen LogP contribution is 2.27. The maximum atomic E-state index is 13.4. The van der Waals surface area contributed by atoms with Gasteiger partial charge in [0.15, 0.2) is 0 Å². The molecule has 0 radical (unpaired) electrons. The van der Waals surface area contributed by atoms with Crippen LogP contribution in [-0.4, -0.2) is 48.3 Å². The van der Waals surface area contributed by atoms with Crippen molar-refractivity contribution in [1.82, 2.24) is 4.90 Å². The molecule has 1 aliphatic rings. The van der Waals surface area contributed by atoms with E-state index in [0.29, 0.717) is 24.2 Å². The second-order valence-electron chi connectivity index (χ2n) is 8.31. The van der Waals surface area contributed by atoms with Crippen LogP contribution in [0.3, 0.4) is 0 Å². The van der Waals surface area contributed by atoms with Crippen molar-refractivity contribution in [2.75, 3.05) is 18.6 Å². The van der Waals surface area contributed by atoms with Crippen molar-refractivity contribution < 1.29 is 23.9 Å². The van der Waals surface area contributed by atoms with Crippen LogP contribution >= 0.6 is 0 Å². The van der Waals surface area contributed by atoms with Crippen molar-refractivity contribution in [2.45, 2.75) is 25.3 Å². The number of amides is 3. The molecule has 1 heterocycles. The van der Waals surface area contributed by atoms with Gasteiger partial charge in [-0.3, -0.25) is 14.4 Å². The molecule has 7 nitrogen and oxygen atoms in total. The van der Waals surface area contributed by atoms with Crippen molar-refractivity contribution >= 4 is 29.4 Å². The summed E-state index contributed by atoms with van der Waals surface area (Å²) in [7, 11) is 1.28. The van der Waals surface area contributed by atoms with E-state index >= 15 is 0 Å². The summed E-state index contributed by atoms with van der Waals surface area (Å²) in [6.45, 7) is 0.314. The van der Waals surface area contributed by atoms with Crippen molar-refractivity contribution in [3.05, 3.63) is 102 Å². The number of rotatable bonds is 8. The van der Waals surface area contributed by atoms with Gasteiger partial charge in [-0.05, 0) is 41.8 Å². The molecular formula is C28H26N2O5. The van der Waals surface area contributed by atoms with Crippen LogP contribution in [0.15, 0.2) is 84.9 Å². The molecule has 1 fully saturated rings. The van der Waals surface area contributed by atoms with Gasteiger partial charge in [-0.2, -0.15) is 0 Å². The number of hydrogen-bond donors (Lipinski definition) is 0. The predicted molar refractivity (Wildman–Crippen MR) is 131 cm³/mol. The first-order valence-electron chi connectivity index (χ1n) is 11.4. The van der Waals surface area contributed by atoms with Gasteiger partial charge >= 0.3 is 5.97 Å². The highest BCUT2D eigenvalue weighted by Gasteiger charge is 2.44. The van der Waals surface area contributed by atoms with Gasteiger partial charge in [-0.25, -0.2) is 9.69 Å². The highest BCUT2D eigenvalue weighted by molar-refractivity contribution is 6.23. The van der Waals surface area contributed by atoms with E-state index in [-0.39, 0.29) is 24.7 Å². The fourth-order valence-corrected chi connectivity index (χ4v) is 4.22. The van der Waals surface area contributed by atoms with Gasteiger partial charge in [0.1, 0.15) is 6.04 Å². The van der Waals surface area contributed by atoms with E-state index in [1.807, 2.05) is 60.7 Å². The van der Waals surface area contributed by atoms with Crippen LogP contribution in [-0.2, 0) is 32.0 Å². The van der Waals surface area contributed by atoms with Crippen LogP contribution in [0.2, 0.25) is 0 Å². The number of carbonyl (C=O) groups excluding carboxylic acids is 4. The molecule has 1 atom stereocenters. The highest BCUT2D eigenvalue weighted by atomic mass is 16.5. The first-order valence-corrected chi connectivity index (χ1v) is 11.4.